The van der Waals surface area contributed by atoms with E-state index in [4.69, 9.17) is 4.98 Å². The van der Waals surface area contributed by atoms with Crippen molar-refractivity contribution in [2.45, 2.75) is 20.8 Å². The van der Waals surface area contributed by atoms with Crippen LogP contribution in [0.1, 0.15) is 16.8 Å². The molecule has 0 fully saturated rings. The van der Waals surface area contributed by atoms with Gasteiger partial charge in [-0.1, -0.05) is 12.1 Å². The molecule has 0 saturated carbocycles. The largest absolute Gasteiger partial charge is 0.255 e. The van der Waals surface area contributed by atoms with E-state index in [1.807, 2.05) is 0 Å². The van der Waals surface area contributed by atoms with Crippen LogP contribution in [0.5, 0.6) is 0 Å². The van der Waals surface area contributed by atoms with Crippen molar-refractivity contribution in [3.63, 3.8) is 0 Å². The van der Waals surface area contributed by atoms with Crippen LogP contribution in [0.15, 0.2) is 24.3 Å². The maximum Gasteiger partial charge on any atom is 0.239 e. The van der Waals surface area contributed by atoms with Gasteiger partial charge in [0.1, 0.15) is 5.69 Å². The number of nitrogens with one attached hydrogen (secondary N) is 1. The number of pyridine rings is 1. The van der Waals surface area contributed by atoms with Crippen LogP contribution in [0.4, 0.5) is 11.5 Å². The van der Waals surface area contributed by atoms with Crippen molar-refractivity contribution in [3.05, 3.63) is 41.1 Å². The summed E-state index contributed by atoms with van der Waals surface area (Å²) in [4.78, 5) is 6.08. The molecule has 2 nitrogen and oxygen atoms in total. The summed E-state index contributed by atoms with van der Waals surface area (Å²) in [6.45, 7) is 6.46. The molecule has 1 atom stereocenters. The first kappa shape index (κ1) is 10.5. The Balaban J connectivity index is 2.41. The quantitative estimate of drug-likeness (QED) is 0.729. The highest BCUT2D eigenvalue weighted by Crippen LogP contribution is 2.39. The van der Waals surface area contributed by atoms with E-state index in [9.17, 15) is 0 Å². The second-order valence-electron chi connectivity index (χ2n) is 4.84. The van der Waals surface area contributed by atoms with Crippen molar-refractivity contribution in [1.82, 2.24) is 4.98 Å². The Morgan fingerprint density at radius 2 is 1.71 bits per heavy atom. The first-order valence-electron chi connectivity index (χ1n) is 6.02. The number of para-hydroxylation sites is 1. The molecule has 0 aliphatic carbocycles. The van der Waals surface area contributed by atoms with Crippen LogP contribution in [0, 0.1) is 20.8 Å². The summed E-state index contributed by atoms with van der Waals surface area (Å²) in [6, 6.07) is 8.60. The summed E-state index contributed by atoms with van der Waals surface area (Å²) < 4.78 is 0. The van der Waals surface area contributed by atoms with E-state index in [-0.39, 0.29) is 0 Å². The van der Waals surface area contributed by atoms with Crippen LogP contribution in [0.25, 0.3) is 11.1 Å². The molecule has 3 rings (SSSR count). The lowest BCUT2D eigenvalue weighted by atomic mass is 9.98. The maximum absolute atomic E-state index is 4.77. The third kappa shape index (κ3) is 1.28. The van der Waals surface area contributed by atoms with Gasteiger partial charge in [0.2, 0.25) is 5.82 Å². The lowest BCUT2D eigenvalue weighted by Crippen LogP contribution is -2.97. The third-order valence-corrected chi connectivity index (χ3v) is 3.95. The van der Waals surface area contributed by atoms with E-state index in [1.165, 1.54) is 38.7 Å². The van der Waals surface area contributed by atoms with E-state index < -0.39 is 0 Å². The molecule has 1 aliphatic heterocycles. The molecule has 1 unspecified atom stereocenters. The minimum Gasteiger partial charge on any atom is -0.255 e. The molecule has 86 valence electrons. The second-order valence-corrected chi connectivity index (χ2v) is 4.84. The second kappa shape index (κ2) is 3.41. The van der Waals surface area contributed by atoms with Gasteiger partial charge in [-0.2, -0.15) is 0 Å². The summed E-state index contributed by atoms with van der Waals surface area (Å²) in [5, 5.41) is 0. The van der Waals surface area contributed by atoms with Gasteiger partial charge in [-0.15, -0.1) is 0 Å². The van der Waals surface area contributed by atoms with E-state index in [1.54, 1.807) is 0 Å². The van der Waals surface area contributed by atoms with Gasteiger partial charge in [-0.25, -0.2) is 4.98 Å². The van der Waals surface area contributed by atoms with E-state index in [2.05, 4.69) is 52.1 Å². The molecule has 17 heavy (non-hydrogen) atoms. The number of aromatic nitrogens is 1. The van der Waals surface area contributed by atoms with Gasteiger partial charge in [0, 0.05) is 11.8 Å². The van der Waals surface area contributed by atoms with Crippen molar-refractivity contribution in [3.8, 4) is 11.1 Å². The molecule has 0 saturated heterocycles. The molecule has 1 aromatic heterocycles. The summed E-state index contributed by atoms with van der Waals surface area (Å²) in [7, 11) is 2.17. The van der Waals surface area contributed by atoms with Gasteiger partial charge in [-0.05, 0) is 38.0 Å². The number of quaternary nitrogens is 1. The lowest BCUT2D eigenvalue weighted by Gasteiger charge is -2.10. The monoisotopic (exact) mass is 225 g/mol. The van der Waals surface area contributed by atoms with Crippen molar-refractivity contribution >= 4 is 11.5 Å². The Hall–Kier alpha value is -1.67. The third-order valence-electron chi connectivity index (χ3n) is 3.95. The summed E-state index contributed by atoms with van der Waals surface area (Å²) >= 11 is 0. The molecule has 0 radical (unpaired) electrons. The zero-order valence-electron chi connectivity index (χ0n) is 10.8. The molecular formula is C15H17N2+. The summed E-state index contributed by atoms with van der Waals surface area (Å²) in [5.74, 6) is 1.17. The average Bonchev–Trinajstić information content (AvgIpc) is 2.61. The molecule has 1 aliphatic rings. The van der Waals surface area contributed by atoms with Crippen molar-refractivity contribution in [2.75, 3.05) is 7.05 Å². The predicted octanol–water partition coefficient (Wildman–Crippen LogP) is 2.47. The number of hydrogen-bond acceptors (Lipinski definition) is 1. The Bertz CT molecular complexity index is 615. The highest BCUT2D eigenvalue weighted by atomic mass is 15.2. The van der Waals surface area contributed by atoms with Crippen LogP contribution < -0.4 is 4.90 Å². The standard InChI is InChI=1S/C15H16N2/c1-9-10(2)14-12-7-5-6-8-13(12)17(4)15(14)16-11(9)3/h5-8H,1-4H3/p+1. The number of benzene rings is 1. The topological polar surface area (TPSA) is 17.3 Å². The van der Waals surface area contributed by atoms with Crippen LogP contribution in [0.2, 0.25) is 0 Å². The van der Waals surface area contributed by atoms with E-state index in [0.29, 0.717) is 0 Å². The molecule has 2 heteroatoms. The number of aryl methyl sites for hydroxylation is 1. The SMILES string of the molecule is Cc1nc2c(c(C)c1C)-c1ccccc1[NH+]2C. The molecule has 1 N–H and O–H groups in total. The normalized spacial score (nSPS) is 16.8. The van der Waals surface area contributed by atoms with Gasteiger partial charge in [-0.3, -0.25) is 4.90 Å². The zero-order chi connectivity index (χ0) is 12.2. The van der Waals surface area contributed by atoms with Crippen LogP contribution >= 0.6 is 0 Å². The fourth-order valence-corrected chi connectivity index (χ4v) is 2.70. The number of fused-ring (bicyclic) bond motifs is 3. The minimum atomic E-state index is 1.15. The highest BCUT2D eigenvalue weighted by molar-refractivity contribution is 5.86. The molecule has 1 aromatic carbocycles. The molecule has 0 bridgehead atoms. The van der Waals surface area contributed by atoms with Gasteiger partial charge < -0.3 is 0 Å². The van der Waals surface area contributed by atoms with Crippen molar-refractivity contribution in [2.24, 2.45) is 0 Å². The smallest absolute Gasteiger partial charge is 0.239 e. The lowest BCUT2D eigenvalue weighted by molar-refractivity contribution is -0.734. The molecule has 0 amide bonds. The highest BCUT2D eigenvalue weighted by Gasteiger charge is 2.32. The molecule has 2 heterocycles. The Morgan fingerprint density at radius 3 is 2.47 bits per heavy atom. The first-order valence-corrected chi connectivity index (χ1v) is 6.02. The first-order chi connectivity index (χ1) is 8.11. The number of hydrogen-bond donors (Lipinski definition) is 1. The maximum atomic E-state index is 4.77. The predicted molar refractivity (Wildman–Crippen MR) is 70.1 cm³/mol. The van der Waals surface area contributed by atoms with Gasteiger partial charge >= 0.3 is 0 Å². The molecular weight excluding hydrogens is 208 g/mol. The zero-order valence-corrected chi connectivity index (χ0v) is 10.8. The van der Waals surface area contributed by atoms with Gasteiger partial charge in [0.05, 0.1) is 18.2 Å². The van der Waals surface area contributed by atoms with Gasteiger partial charge in [0.15, 0.2) is 0 Å². The van der Waals surface area contributed by atoms with Gasteiger partial charge in [0.25, 0.3) is 0 Å². The van der Waals surface area contributed by atoms with E-state index >= 15 is 0 Å². The molecule has 2 aromatic rings. The van der Waals surface area contributed by atoms with E-state index in [0.717, 1.165) is 5.69 Å². The Kier molecular flexibility index (Phi) is 2.10. The Morgan fingerprint density at radius 1 is 1.00 bits per heavy atom. The fraction of sp³-hybridized carbons (Fsp3) is 0.267. The average molecular weight is 225 g/mol. The Labute approximate surface area is 102 Å². The summed E-state index contributed by atoms with van der Waals surface area (Å²) in [6.07, 6.45) is 0. The fourth-order valence-electron chi connectivity index (χ4n) is 2.70. The van der Waals surface area contributed by atoms with Crippen LogP contribution in [-0.4, -0.2) is 12.0 Å². The van der Waals surface area contributed by atoms with Crippen LogP contribution in [-0.2, 0) is 0 Å². The van der Waals surface area contributed by atoms with Crippen molar-refractivity contribution in [1.29, 1.82) is 0 Å². The van der Waals surface area contributed by atoms with Crippen LogP contribution in [0.3, 0.4) is 0 Å². The number of nitrogens with zero attached hydrogens (tertiary/aromatic N) is 1. The number of rotatable bonds is 0. The summed E-state index contributed by atoms with van der Waals surface area (Å²) in [5.41, 5.74) is 7.84. The minimum absolute atomic E-state index is 1.15. The van der Waals surface area contributed by atoms with Crippen molar-refractivity contribution < 1.29 is 4.90 Å². The molecule has 0 spiro atoms.